The van der Waals surface area contributed by atoms with Crippen molar-refractivity contribution in [1.82, 2.24) is 24.4 Å². The average molecular weight is 364 g/mol. The Hall–Kier alpha value is -3.29. The summed E-state index contributed by atoms with van der Waals surface area (Å²) in [6, 6.07) is 5.36. The molecular weight excluding hydrogens is 344 g/mol. The van der Waals surface area contributed by atoms with Crippen LogP contribution in [0, 0.1) is 6.92 Å². The van der Waals surface area contributed by atoms with E-state index in [0.717, 1.165) is 5.69 Å². The van der Waals surface area contributed by atoms with Gasteiger partial charge in [0.25, 0.3) is 5.91 Å². The molecule has 8 heteroatoms. The van der Waals surface area contributed by atoms with E-state index in [1.165, 1.54) is 0 Å². The third-order valence-electron chi connectivity index (χ3n) is 4.70. The number of aryl methyl sites for hydroxylation is 2. The highest BCUT2D eigenvalue weighted by Gasteiger charge is 2.33. The van der Waals surface area contributed by atoms with Crippen molar-refractivity contribution < 1.29 is 4.79 Å². The van der Waals surface area contributed by atoms with Gasteiger partial charge in [0.05, 0.1) is 11.4 Å². The quantitative estimate of drug-likeness (QED) is 0.753. The van der Waals surface area contributed by atoms with Crippen molar-refractivity contribution in [1.29, 1.82) is 0 Å². The van der Waals surface area contributed by atoms with Crippen LogP contribution in [-0.4, -0.2) is 49.5 Å². The molecule has 27 heavy (non-hydrogen) atoms. The Morgan fingerprint density at radius 2 is 2.00 bits per heavy atom. The summed E-state index contributed by atoms with van der Waals surface area (Å²) >= 11 is 0. The Labute approximate surface area is 155 Å². The monoisotopic (exact) mass is 364 g/mol. The van der Waals surface area contributed by atoms with Crippen LogP contribution in [0.4, 0.5) is 5.95 Å². The molecule has 0 aliphatic carbocycles. The third-order valence-corrected chi connectivity index (χ3v) is 4.70. The number of anilines is 1. The molecule has 1 aliphatic heterocycles. The fourth-order valence-corrected chi connectivity index (χ4v) is 3.22. The van der Waals surface area contributed by atoms with E-state index in [0.29, 0.717) is 36.6 Å². The summed E-state index contributed by atoms with van der Waals surface area (Å²) in [5.41, 5.74) is 1.37. The first kappa shape index (κ1) is 17.1. The van der Waals surface area contributed by atoms with Crippen LogP contribution in [0.5, 0.6) is 0 Å². The topological polar surface area (TPSA) is 93.0 Å². The van der Waals surface area contributed by atoms with E-state index < -0.39 is 0 Å². The number of carbonyl (C=O) groups excluding carboxylic acids is 1. The fraction of sp³-hybridized carbons (Fsp3) is 0.316. The van der Waals surface area contributed by atoms with Crippen molar-refractivity contribution >= 4 is 22.9 Å². The Bertz CT molecular complexity index is 1060. The minimum absolute atomic E-state index is 0.0783. The van der Waals surface area contributed by atoms with E-state index in [2.05, 4.69) is 20.3 Å². The van der Waals surface area contributed by atoms with E-state index in [-0.39, 0.29) is 22.9 Å². The van der Waals surface area contributed by atoms with E-state index in [4.69, 9.17) is 0 Å². The second kappa shape index (κ2) is 6.79. The van der Waals surface area contributed by atoms with Crippen LogP contribution >= 0.6 is 0 Å². The number of hydrogen-bond donors (Lipinski definition) is 1. The van der Waals surface area contributed by atoms with Gasteiger partial charge in [-0.05, 0) is 32.0 Å². The summed E-state index contributed by atoms with van der Waals surface area (Å²) in [7, 11) is 0. The summed E-state index contributed by atoms with van der Waals surface area (Å²) in [6.45, 7) is 5.49. The summed E-state index contributed by atoms with van der Waals surface area (Å²) in [6.07, 6.45) is 4.95. The highest BCUT2D eigenvalue weighted by molar-refractivity contribution is 5.97. The zero-order valence-corrected chi connectivity index (χ0v) is 15.2. The molecular formula is C19H20N6O2. The number of hydrogen-bond acceptors (Lipinski definition) is 6. The molecule has 1 amide bonds. The molecule has 3 aromatic rings. The number of aromatic nitrogens is 4. The smallest absolute Gasteiger partial charge is 0.259 e. The highest BCUT2D eigenvalue weighted by Crippen LogP contribution is 2.17. The molecule has 0 radical (unpaired) electrons. The van der Waals surface area contributed by atoms with Crippen molar-refractivity contribution in [2.75, 3.05) is 18.4 Å². The lowest BCUT2D eigenvalue weighted by molar-refractivity contribution is 0.0622. The van der Waals surface area contributed by atoms with Crippen LogP contribution in [0.2, 0.25) is 0 Å². The van der Waals surface area contributed by atoms with Crippen molar-refractivity contribution in [3.63, 3.8) is 0 Å². The van der Waals surface area contributed by atoms with Crippen LogP contribution in [0.3, 0.4) is 0 Å². The van der Waals surface area contributed by atoms with Crippen LogP contribution in [-0.2, 0) is 6.54 Å². The van der Waals surface area contributed by atoms with Crippen molar-refractivity contribution in [3.8, 4) is 0 Å². The predicted molar refractivity (Wildman–Crippen MR) is 102 cm³/mol. The Kier molecular flexibility index (Phi) is 4.31. The Morgan fingerprint density at radius 3 is 2.70 bits per heavy atom. The number of amides is 1. The van der Waals surface area contributed by atoms with Gasteiger partial charge in [0, 0.05) is 43.9 Å². The summed E-state index contributed by atoms with van der Waals surface area (Å²) in [5, 5.41) is 3.65. The number of rotatable bonds is 4. The number of nitrogens with zero attached hydrogens (tertiary/aromatic N) is 5. The number of pyridine rings is 2. The van der Waals surface area contributed by atoms with Gasteiger partial charge in [-0.25, -0.2) is 15.0 Å². The van der Waals surface area contributed by atoms with Crippen molar-refractivity contribution in [2.24, 2.45) is 0 Å². The van der Waals surface area contributed by atoms with Gasteiger partial charge in [-0.2, -0.15) is 0 Å². The maximum atomic E-state index is 12.9. The lowest BCUT2D eigenvalue weighted by Gasteiger charge is -2.39. The van der Waals surface area contributed by atoms with Crippen molar-refractivity contribution in [3.05, 3.63) is 58.3 Å². The summed E-state index contributed by atoms with van der Waals surface area (Å²) in [5.74, 6) is 0.284. The lowest BCUT2D eigenvalue weighted by Crippen LogP contribution is -2.57. The minimum Gasteiger partial charge on any atom is -0.348 e. The van der Waals surface area contributed by atoms with Crippen LogP contribution in [0.25, 0.3) is 11.0 Å². The normalized spacial score (nSPS) is 14.2. The van der Waals surface area contributed by atoms with Gasteiger partial charge in [0.1, 0.15) is 11.2 Å². The maximum Gasteiger partial charge on any atom is 0.259 e. The Morgan fingerprint density at radius 1 is 1.26 bits per heavy atom. The standard InChI is InChI=1S/C19H20N6O2/c1-3-24-11-15(16(26)14-6-5-12(2)22-17(14)24)18(27)25-9-13(10-25)23-19-20-7-4-8-21-19/h4-8,11,13H,3,9-10H2,1-2H3,(H,20,21,23). The van der Waals surface area contributed by atoms with Gasteiger partial charge in [-0.15, -0.1) is 0 Å². The molecule has 8 nitrogen and oxygen atoms in total. The molecule has 0 atom stereocenters. The maximum absolute atomic E-state index is 12.9. The number of carbonyl (C=O) groups is 1. The lowest BCUT2D eigenvalue weighted by atomic mass is 10.1. The zero-order valence-electron chi connectivity index (χ0n) is 15.2. The molecule has 1 saturated heterocycles. The molecule has 1 N–H and O–H groups in total. The van der Waals surface area contributed by atoms with Gasteiger partial charge in [-0.1, -0.05) is 0 Å². The SMILES string of the molecule is CCn1cc(C(=O)N2CC(Nc3ncccn3)C2)c(=O)c2ccc(C)nc21. The highest BCUT2D eigenvalue weighted by atomic mass is 16.2. The van der Waals surface area contributed by atoms with Gasteiger partial charge >= 0.3 is 0 Å². The van der Waals surface area contributed by atoms with Gasteiger partial charge in [0.2, 0.25) is 11.4 Å². The van der Waals surface area contributed by atoms with Crippen LogP contribution < -0.4 is 10.7 Å². The Balaban J connectivity index is 1.56. The van der Waals surface area contributed by atoms with Gasteiger partial charge in [-0.3, -0.25) is 9.59 Å². The molecule has 1 fully saturated rings. The predicted octanol–water partition coefficient (Wildman–Crippen LogP) is 1.45. The van der Waals surface area contributed by atoms with Gasteiger partial charge in [0.15, 0.2) is 0 Å². The zero-order chi connectivity index (χ0) is 19.0. The van der Waals surface area contributed by atoms with E-state index in [1.807, 2.05) is 18.4 Å². The molecule has 1 aliphatic rings. The van der Waals surface area contributed by atoms with Crippen LogP contribution in [0.1, 0.15) is 23.0 Å². The number of nitrogens with one attached hydrogen (secondary N) is 1. The molecule has 0 bridgehead atoms. The van der Waals surface area contributed by atoms with Gasteiger partial charge < -0.3 is 14.8 Å². The molecule has 0 spiro atoms. The fourth-order valence-electron chi connectivity index (χ4n) is 3.22. The first-order valence-electron chi connectivity index (χ1n) is 8.90. The second-order valence-electron chi connectivity index (χ2n) is 6.61. The molecule has 0 unspecified atom stereocenters. The number of likely N-dealkylation sites (tertiary alicyclic amines) is 1. The number of fused-ring (bicyclic) bond motifs is 1. The van der Waals surface area contributed by atoms with E-state index >= 15 is 0 Å². The minimum atomic E-state index is -0.269. The first-order valence-corrected chi connectivity index (χ1v) is 8.90. The van der Waals surface area contributed by atoms with Crippen LogP contribution in [0.15, 0.2) is 41.6 Å². The summed E-state index contributed by atoms with van der Waals surface area (Å²) < 4.78 is 1.85. The molecule has 0 aromatic carbocycles. The summed E-state index contributed by atoms with van der Waals surface area (Å²) in [4.78, 5) is 40.0. The average Bonchev–Trinajstić information content (AvgIpc) is 2.65. The van der Waals surface area contributed by atoms with Crippen molar-refractivity contribution in [2.45, 2.75) is 26.4 Å². The molecule has 138 valence electrons. The molecule has 4 heterocycles. The molecule has 3 aromatic heterocycles. The van der Waals surface area contributed by atoms with E-state index in [9.17, 15) is 9.59 Å². The second-order valence-corrected chi connectivity index (χ2v) is 6.61. The molecule has 4 rings (SSSR count). The molecule has 0 saturated carbocycles. The third kappa shape index (κ3) is 3.14. The largest absolute Gasteiger partial charge is 0.348 e. The first-order chi connectivity index (χ1) is 13.1. The van der Waals surface area contributed by atoms with E-state index in [1.54, 1.807) is 41.7 Å².